The first kappa shape index (κ1) is 7.53. The van der Waals surface area contributed by atoms with E-state index in [1.54, 1.807) is 6.20 Å². The van der Waals surface area contributed by atoms with Crippen LogP contribution in [0.25, 0.3) is 10.9 Å². The van der Waals surface area contributed by atoms with Gasteiger partial charge in [0.25, 0.3) is 0 Å². The number of rotatable bonds is 0. The van der Waals surface area contributed by atoms with Gasteiger partial charge in [-0.15, -0.1) is 24.0 Å². The summed E-state index contributed by atoms with van der Waals surface area (Å²) in [4.78, 5) is 7.04. The minimum Gasteiger partial charge on any atom is -0.361 e. The first-order valence-electron chi connectivity index (χ1n) is 2.84. The van der Waals surface area contributed by atoms with Crippen LogP contribution in [-0.2, 0) is 0 Å². The van der Waals surface area contributed by atoms with Gasteiger partial charge in [-0.2, -0.15) is 0 Å². The summed E-state index contributed by atoms with van der Waals surface area (Å²) in [7, 11) is 0. The number of fused-ring (bicyclic) bond motifs is 1. The summed E-state index contributed by atoms with van der Waals surface area (Å²) in [5, 5.41) is 1.16. The second-order valence-corrected chi connectivity index (χ2v) is 1.94. The SMILES string of the molecule is I.c1cc2[nH]ccc2cn1. The molecule has 0 fully saturated rings. The van der Waals surface area contributed by atoms with Gasteiger partial charge in [0, 0.05) is 29.5 Å². The van der Waals surface area contributed by atoms with Gasteiger partial charge in [-0.25, -0.2) is 0 Å². The average molecular weight is 246 g/mol. The molecule has 2 rings (SSSR count). The van der Waals surface area contributed by atoms with E-state index in [0.717, 1.165) is 10.9 Å². The summed E-state index contributed by atoms with van der Waals surface area (Å²) in [6.07, 6.45) is 5.52. The van der Waals surface area contributed by atoms with Crippen molar-refractivity contribution in [3.05, 3.63) is 30.7 Å². The van der Waals surface area contributed by atoms with Gasteiger partial charge in [0.1, 0.15) is 0 Å². The Morgan fingerprint density at radius 1 is 1.30 bits per heavy atom. The minimum absolute atomic E-state index is 0. The Balaban J connectivity index is 0.000000500. The molecule has 0 atom stereocenters. The highest BCUT2D eigenvalue weighted by Gasteiger charge is 1.87. The summed E-state index contributed by atoms with van der Waals surface area (Å²) in [5.41, 5.74) is 1.14. The molecule has 2 nitrogen and oxygen atoms in total. The molecule has 52 valence electrons. The molecule has 0 aliphatic rings. The number of nitrogens with one attached hydrogen (secondary N) is 1. The average Bonchev–Trinajstić information content (AvgIpc) is 2.33. The smallest absolute Gasteiger partial charge is 0.0484 e. The molecule has 0 spiro atoms. The summed E-state index contributed by atoms with van der Waals surface area (Å²) < 4.78 is 0. The lowest BCUT2D eigenvalue weighted by atomic mass is 10.3. The van der Waals surface area contributed by atoms with E-state index in [1.165, 1.54) is 0 Å². The van der Waals surface area contributed by atoms with Gasteiger partial charge in [0.05, 0.1) is 0 Å². The molecule has 1 N–H and O–H groups in total. The Labute approximate surface area is 75.7 Å². The molecule has 0 saturated heterocycles. The van der Waals surface area contributed by atoms with E-state index < -0.39 is 0 Å². The van der Waals surface area contributed by atoms with E-state index in [-0.39, 0.29) is 24.0 Å². The molecule has 2 heterocycles. The van der Waals surface area contributed by atoms with E-state index in [2.05, 4.69) is 9.97 Å². The monoisotopic (exact) mass is 246 g/mol. The van der Waals surface area contributed by atoms with Crippen LogP contribution in [0.2, 0.25) is 0 Å². The van der Waals surface area contributed by atoms with Crippen molar-refractivity contribution in [2.24, 2.45) is 0 Å². The molecular formula is C7H7IN2. The second-order valence-electron chi connectivity index (χ2n) is 1.94. The Morgan fingerprint density at radius 2 is 2.20 bits per heavy atom. The van der Waals surface area contributed by atoms with Crippen LogP contribution >= 0.6 is 24.0 Å². The molecule has 2 aromatic rings. The fourth-order valence-electron chi connectivity index (χ4n) is 0.892. The van der Waals surface area contributed by atoms with Gasteiger partial charge in [0.2, 0.25) is 0 Å². The predicted molar refractivity (Wildman–Crippen MR) is 51.5 cm³/mol. The van der Waals surface area contributed by atoms with Crippen LogP contribution in [-0.4, -0.2) is 9.97 Å². The highest BCUT2D eigenvalue weighted by molar-refractivity contribution is 14.0. The maximum atomic E-state index is 3.97. The standard InChI is InChI=1S/C7H6N2.HI/c1-4-9-7-2-3-8-5-6(1)7;/h1-5,9H;1H. The van der Waals surface area contributed by atoms with Crippen LogP contribution < -0.4 is 0 Å². The highest BCUT2D eigenvalue weighted by Crippen LogP contribution is 2.07. The summed E-state index contributed by atoms with van der Waals surface area (Å²) in [6, 6.07) is 3.96. The molecule has 0 radical (unpaired) electrons. The molecule has 0 aromatic carbocycles. The highest BCUT2D eigenvalue weighted by atomic mass is 127. The van der Waals surface area contributed by atoms with Crippen molar-refractivity contribution in [2.45, 2.75) is 0 Å². The molecule has 10 heavy (non-hydrogen) atoms. The zero-order valence-corrected chi connectivity index (χ0v) is 7.57. The zero-order chi connectivity index (χ0) is 6.10. The number of halogens is 1. The van der Waals surface area contributed by atoms with Gasteiger partial charge < -0.3 is 4.98 Å². The number of hydrogen-bond donors (Lipinski definition) is 1. The minimum atomic E-state index is 0. The lowest BCUT2D eigenvalue weighted by Crippen LogP contribution is -1.67. The third kappa shape index (κ3) is 1.13. The van der Waals surface area contributed by atoms with Crippen molar-refractivity contribution >= 4 is 34.9 Å². The zero-order valence-electron chi connectivity index (χ0n) is 5.24. The summed E-state index contributed by atoms with van der Waals surface area (Å²) in [6.45, 7) is 0. The largest absolute Gasteiger partial charge is 0.361 e. The number of aromatic nitrogens is 2. The van der Waals surface area contributed by atoms with Crippen LogP contribution in [0, 0.1) is 0 Å². The van der Waals surface area contributed by atoms with E-state index in [4.69, 9.17) is 0 Å². The first-order valence-corrected chi connectivity index (χ1v) is 2.84. The third-order valence-corrected chi connectivity index (χ3v) is 1.35. The Kier molecular flexibility index (Phi) is 2.26. The van der Waals surface area contributed by atoms with Gasteiger partial charge >= 0.3 is 0 Å². The van der Waals surface area contributed by atoms with E-state index >= 15 is 0 Å². The molecule has 2 aromatic heterocycles. The topological polar surface area (TPSA) is 28.7 Å². The Morgan fingerprint density at radius 3 is 3.00 bits per heavy atom. The fourth-order valence-corrected chi connectivity index (χ4v) is 0.892. The van der Waals surface area contributed by atoms with Crippen molar-refractivity contribution in [1.29, 1.82) is 0 Å². The van der Waals surface area contributed by atoms with Crippen molar-refractivity contribution in [3.8, 4) is 0 Å². The first-order chi connectivity index (χ1) is 4.47. The molecule has 0 unspecified atom stereocenters. The number of nitrogens with zero attached hydrogens (tertiary/aromatic N) is 1. The van der Waals surface area contributed by atoms with E-state index in [0.29, 0.717) is 0 Å². The summed E-state index contributed by atoms with van der Waals surface area (Å²) in [5.74, 6) is 0. The van der Waals surface area contributed by atoms with Gasteiger partial charge in [-0.3, -0.25) is 4.98 Å². The lowest BCUT2D eigenvalue weighted by Gasteiger charge is -1.82. The predicted octanol–water partition coefficient (Wildman–Crippen LogP) is 2.18. The molecule has 0 aliphatic carbocycles. The maximum absolute atomic E-state index is 3.97. The molecule has 0 saturated carbocycles. The molecular weight excluding hydrogens is 239 g/mol. The van der Waals surface area contributed by atoms with Crippen LogP contribution in [0.4, 0.5) is 0 Å². The van der Waals surface area contributed by atoms with Crippen LogP contribution in [0.5, 0.6) is 0 Å². The fraction of sp³-hybridized carbons (Fsp3) is 0. The van der Waals surface area contributed by atoms with Gasteiger partial charge in [0.15, 0.2) is 0 Å². The van der Waals surface area contributed by atoms with Gasteiger partial charge in [-0.1, -0.05) is 0 Å². The van der Waals surface area contributed by atoms with E-state index in [1.807, 2.05) is 24.5 Å². The third-order valence-electron chi connectivity index (χ3n) is 1.35. The second kappa shape index (κ2) is 3.01. The summed E-state index contributed by atoms with van der Waals surface area (Å²) >= 11 is 0. The van der Waals surface area contributed by atoms with E-state index in [9.17, 15) is 0 Å². The quantitative estimate of drug-likeness (QED) is 0.709. The lowest BCUT2D eigenvalue weighted by molar-refractivity contribution is 1.36. The Bertz CT molecular complexity index is 286. The van der Waals surface area contributed by atoms with Crippen molar-refractivity contribution < 1.29 is 0 Å². The number of hydrogen-bond acceptors (Lipinski definition) is 1. The normalized spacial score (nSPS) is 9.20. The molecule has 0 amide bonds. The molecule has 0 aliphatic heterocycles. The maximum Gasteiger partial charge on any atom is 0.0484 e. The molecule has 3 heteroatoms. The number of H-pyrrole nitrogens is 1. The van der Waals surface area contributed by atoms with Crippen molar-refractivity contribution in [1.82, 2.24) is 9.97 Å². The van der Waals surface area contributed by atoms with Crippen LogP contribution in [0.1, 0.15) is 0 Å². The van der Waals surface area contributed by atoms with Crippen molar-refractivity contribution in [2.75, 3.05) is 0 Å². The number of aromatic amines is 1. The van der Waals surface area contributed by atoms with Gasteiger partial charge in [-0.05, 0) is 12.1 Å². The van der Waals surface area contributed by atoms with Crippen molar-refractivity contribution in [3.63, 3.8) is 0 Å². The Hall–Kier alpha value is -0.580. The van der Waals surface area contributed by atoms with Crippen LogP contribution in [0.15, 0.2) is 30.7 Å². The van der Waals surface area contributed by atoms with Crippen LogP contribution in [0.3, 0.4) is 0 Å². The number of pyridine rings is 1. The molecule has 0 bridgehead atoms.